The number of benzene rings is 2. The summed E-state index contributed by atoms with van der Waals surface area (Å²) in [6, 6.07) is 14.9. The predicted molar refractivity (Wildman–Crippen MR) is 131 cm³/mol. The van der Waals surface area contributed by atoms with E-state index in [1.807, 2.05) is 62.4 Å². The maximum absolute atomic E-state index is 13.2. The Kier molecular flexibility index (Phi) is 10.7. The molecule has 0 aromatic heterocycles. The van der Waals surface area contributed by atoms with Gasteiger partial charge < -0.3 is 19.7 Å². The van der Waals surface area contributed by atoms with Crippen LogP contribution in [0.1, 0.15) is 51.2 Å². The first kappa shape index (κ1) is 26.2. The lowest BCUT2D eigenvalue weighted by atomic mass is 10.1. The Balaban J connectivity index is 2.05. The van der Waals surface area contributed by atoms with Crippen molar-refractivity contribution in [1.82, 2.24) is 10.2 Å². The van der Waals surface area contributed by atoms with Crippen LogP contribution in [0.2, 0.25) is 0 Å². The minimum atomic E-state index is -0.517. The number of amides is 2. The van der Waals surface area contributed by atoms with Crippen LogP contribution in [-0.2, 0) is 16.1 Å². The average Bonchev–Trinajstić information content (AvgIpc) is 2.81. The van der Waals surface area contributed by atoms with E-state index in [0.29, 0.717) is 44.9 Å². The maximum Gasteiger partial charge on any atom is 0.242 e. The molecule has 0 aliphatic carbocycles. The average molecular weight is 455 g/mol. The summed E-state index contributed by atoms with van der Waals surface area (Å²) < 4.78 is 11.0. The van der Waals surface area contributed by atoms with Gasteiger partial charge in [-0.25, -0.2) is 0 Å². The Bertz CT molecular complexity index is 863. The van der Waals surface area contributed by atoms with Gasteiger partial charge in [-0.05, 0) is 55.5 Å². The zero-order valence-corrected chi connectivity index (χ0v) is 20.6. The lowest BCUT2D eigenvalue weighted by Crippen LogP contribution is -2.49. The third-order valence-corrected chi connectivity index (χ3v) is 5.41. The van der Waals surface area contributed by atoms with E-state index in [9.17, 15) is 9.59 Å². The molecule has 6 nitrogen and oxygen atoms in total. The number of nitrogens with one attached hydrogen (secondary N) is 1. The molecule has 2 rings (SSSR count). The Morgan fingerprint density at radius 1 is 1.00 bits per heavy atom. The van der Waals surface area contributed by atoms with Gasteiger partial charge in [0, 0.05) is 19.5 Å². The normalized spacial score (nSPS) is 11.7. The van der Waals surface area contributed by atoms with Gasteiger partial charge in [-0.3, -0.25) is 9.59 Å². The van der Waals surface area contributed by atoms with E-state index in [2.05, 4.69) is 19.2 Å². The molecule has 2 amide bonds. The Labute approximate surface area is 198 Å². The van der Waals surface area contributed by atoms with Crippen LogP contribution in [0, 0.1) is 12.8 Å². The van der Waals surface area contributed by atoms with Crippen molar-refractivity contribution in [2.45, 2.75) is 59.5 Å². The van der Waals surface area contributed by atoms with E-state index < -0.39 is 6.04 Å². The fraction of sp³-hybridized carbons (Fsp3) is 0.481. The molecule has 2 aromatic carbocycles. The molecule has 0 saturated carbocycles. The van der Waals surface area contributed by atoms with Gasteiger partial charge in [-0.15, -0.1) is 0 Å². The molecule has 1 atom stereocenters. The van der Waals surface area contributed by atoms with Crippen LogP contribution >= 0.6 is 0 Å². The molecule has 0 aliphatic rings. The summed E-state index contributed by atoms with van der Waals surface area (Å²) in [6.07, 6.45) is 1.44. The number of rotatable bonds is 13. The number of aryl methyl sites for hydroxylation is 1. The van der Waals surface area contributed by atoms with Gasteiger partial charge in [0.25, 0.3) is 0 Å². The highest BCUT2D eigenvalue weighted by atomic mass is 16.5. The maximum atomic E-state index is 13.2. The lowest BCUT2D eigenvalue weighted by Gasteiger charge is -2.31. The summed E-state index contributed by atoms with van der Waals surface area (Å²) in [6.45, 7) is 9.47. The first-order valence-electron chi connectivity index (χ1n) is 11.7. The SMILES string of the molecule is CC[C@@H](C(=O)NCC(C)C)N(Cc1ccc(OC)cc1)C(=O)CCCOc1ccc(C)cc1. The predicted octanol–water partition coefficient (Wildman–Crippen LogP) is 4.74. The highest BCUT2D eigenvalue weighted by Gasteiger charge is 2.28. The molecule has 0 bridgehead atoms. The molecular formula is C27H38N2O4. The Morgan fingerprint density at radius 2 is 1.64 bits per heavy atom. The molecule has 0 fully saturated rings. The highest BCUT2D eigenvalue weighted by Crippen LogP contribution is 2.18. The quantitative estimate of drug-likeness (QED) is 0.444. The van der Waals surface area contributed by atoms with Crippen molar-refractivity contribution in [3.63, 3.8) is 0 Å². The van der Waals surface area contributed by atoms with Gasteiger partial charge in [-0.2, -0.15) is 0 Å². The molecule has 0 spiro atoms. The van der Waals surface area contributed by atoms with Crippen molar-refractivity contribution in [3.8, 4) is 11.5 Å². The molecule has 0 unspecified atom stereocenters. The van der Waals surface area contributed by atoms with Gasteiger partial charge in [0.2, 0.25) is 11.8 Å². The van der Waals surface area contributed by atoms with Gasteiger partial charge in [0.15, 0.2) is 0 Å². The van der Waals surface area contributed by atoms with Gasteiger partial charge in [0.05, 0.1) is 13.7 Å². The zero-order chi connectivity index (χ0) is 24.2. The van der Waals surface area contributed by atoms with Crippen molar-refractivity contribution in [2.75, 3.05) is 20.3 Å². The van der Waals surface area contributed by atoms with Crippen LogP contribution < -0.4 is 14.8 Å². The standard InChI is InChI=1S/C27H38N2O4/c1-6-25(27(31)28-18-20(2)3)29(19-22-11-15-23(32-5)16-12-22)26(30)8-7-17-33-24-13-9-21(4)10-14-24/h9-16,20,25H,6-8,17-19H2,1-5H3,(H,28,31)/t25-/m0/s1. The highest BCUT2D eigenvalue weighted by molar-refractivity contribution is 5.87. The zero-order valence-electron chi connectivity index (χ0n) is 20.6. The number of methoxy groups -OCH3 is 1. The van der Waals surface area contributed by atoms with Gasteiger partial charge in [-0.1, -0.05) is 50.6 Å². The van der Waals surface area contributed by atoms with Crippen LogP contribution in [0.15, 0.2) is 48.5 Å². The number of ether oxygens (including phenoxy) is 2. The van der Waals surface area contributed by atoms with Crippen molar-refractivity contribution in [2.24, 2.45) is 5.92 Å². The van der Waals surface area contributed by atoms with E-state index in [0.717, 1.165) is 17.1 Å². The van der Waals surface area contributed by atoms with E-state index >= 15 is 0 Å². The minimum Gasteiger partial charge on any atom is -0.497 e. The fourth-order valence-corrected chi connectivity index (χ4v) is 3.46. The van der Waals surface area contributed by atoms with Gasteiger partial charge in [0.1, 0.15) is 17.5 Å². The Hall–Kier alpha value is -3.02. The Morgan fingerprint density at radius 3 is 2.21 bits per heavy atom. The molecule has 6 heteroatoms. The molecule has 180 valence electrons. The monoisotopic (exact) mass is 454 g/mol. The number of hydrogen-bond donors (Lipinski definition) is 1. The molecule has 0 heterocycles. The molecule has 33 heavy (non-hydrogen) atoms. The topological polar surface area (TPSA) is 67.9 Å². The molecule has 0 radical (unpaired) electrons. The lowest BCUT2D eigenvalue weighted by molar-refractivity contribution is -0.141. The van der Waals surface area contributed by atoms with Gasteiger partial charge >= 0.3 is 0 Å². The van der Waals surface area contributed by atoms with Crippen LogP contribution in [0.25, 0.3) is 0 Å². The smallest absolute Gasteiger partial charge is 0.242 e. The van der Waals surface area contributed by atoms with E-state index in [4.69, 9.17) is 9.47 Å². The summed E-state index contributed by atoms with van der Waals surface area (Å²) in [7, 11) is 1.62. The molecular weight excluding hydrogens is 416 g/mol. The molecule has 0 aliphatic heterocycles. The second kappa shape index (κ2) is 13.5. The van der Waals surface area contributed by atoms with E-state index in [1.54, 1.807) is 12.0 Å². The van der Waals surface area contributed by atoms with Crippen LogP contribution in [0.3, 0.4) is 0 Å². The van der Waals surface area contributed by atoms with Crippen LogP contribution in [-0.4, -0.2) is 43.0 Å². The summed E-state index contributed by atoms with van der Waals surface area (Å²) >= 11 is 0. The van der Waals surface area contributed by atoms with Crippen molar-refractivity contribution >= 4 is 11.8 Å². The fourth-order valence-electron chi connectivity index (χ4n) is 3.46. The van der Waals surface area contributed by atoms with Crippen LogP contribution in [0.5, 0.6) is 11.5 Å². The largest absolute Gasteiger partial charge is 0.497 e. The first-order chi connectivity index (χ1) is 15.8. The first-order valence-corrected chi connectivity index (χ1v) is 11.7. The van der Waals surface area contributed by atoms with Crippen molar-refractivity contribution < 1.29 is 19.1 Å². The molecule has 0 saturated heterocycles. The number of carbonyl (C=O) groups is 2. The summed E-state index contributed by atoms with van der Waals surface area (Å²) in [5, 5.41) is 2.99. The minimum absolute atomic E-state index is 0.0510. The number of nitrogens with zero attached hydrogens (tertiary/aromatic N) is 1. The second-order valence-electron chi connectivity index (χ2n) is 8.70. The number of hydrogen-bond acceptors (Lipinski definition) is 4. The summed E-state index contributed by atoms with van der Waals surface area (Å²) in [5.74, 6) is 1.74. The summed E-state index contributed by atoms with van der Waals surface area (Å²) in [5.41, 5.74) is 2.13. The van der Waals surface area contributed by atoms with Crippen molar-refractivity contribution in [3.05, 3.63) is 59.7 Å². The molecule has 1 N–H and O–H groups in total. The second-order valence-corrected chi connectivity index (χ2v) is 8.70. The van der Waals surface area contributed by atoms with E-state index in [1.165, 1.54) is 5.56 Å². The summed E-state index contributed by atoms with van der Waals surface area (Å²) in [4.78, 5) is 27.8. The van der Waals surface area contributed by atoms with E-state index in [-0.39, 0.29) is 11.8 Å². The third-order valence-electron chi connectivity index (χ3n) is 5.41. The van der Waals surface area contributed by atoms with Crippen LogP contribution in [0.4, 0.5) is 0 Å². The number of carbonyl (C=O) groups excluding carboxylic acids is 2. The third kappa shape index (κ3) is 8.79. The van der Waals surface area contributed by atoms with Crippen molar-refractivity contribution in [1.29, 1.82) is 0 Å². The molecule has 2 aromatic rings.